The Morgan fingerprint density at radius 1 is 1.06 bits per heavy atom. The van der Waals surface area contributed by atoms with Gasteiger partial charge in [-0.15, -0.1) is 0 Å². The normalized spacial score (nSPS) is 13.9. The molecule has 0 N–H and O–H groups in total. The Morgan fingerprint density at radius 3 is 2.59 bits per heavy atom. The minimum Gasteiger partial charge on any atom is -0.495 e. The molecule has 0 aliphatic carbocycles. The minimum absolute atomic E-state index is 0.131. The lowest BCUT2D eigenvalue weighted by Gasteiger charge is -2.36. The van der Waals surface area contributed by atoms with Gasteiger partial charge >= 0.3 is 0 Å². The van der Waals surface area contributed by atoms with Crippen LogP contribution >= 0.6 is 11.8 Å². The fourth-order valence-corrected chi connectivity index (χ4v) is 5.06. The summed E-state index contributed by atoms with van der Waals surface area (Å²) in [7, 11) is 1.69. The molecule has 1 aliphatic rings. The molecule has 8 heteroatoms. The molecule has 2 aromatic carbocycles. The zero-order chi connectivity index (χ0) is 23.5. The van der Waals surface area contributed by atoms with E-state index in [9.17, 15) is 4.79 Å². The number of para-hydroxylation sites is 2. The molecule has 1 fully saturated rings. The van der Waals surface area contributed by atoms with Gasteiger partial charge in [-0.25, -0.2) is 9.50 Å². The number of carbonyl (C=O) groups is 1. The van der Waals surface area contributed by atoms with Crippen LogP contribution in [0.5, 0.6) is 5.75 Å². The van der Waals surface area contributed by atoms with E-state index in [2.05, 4.69) is 47.1 Å². The lowest BCUT2D eigenvalue weighted by molar-refractivity contribution is -0.128. The molecule has 1 saturated heterocycles. The molecule has 0 bridgehead atoms. The highest BCUT2D eigenvalue weighted by molar-refractivity contribution is 8.00. The van der Waals surface area contributed by atoms with Crippen molar-refractivity contribution in [1.29, 1.82) is 0 Å². The van der Waals surface area contributed by atoms with Crippen LogP contribution in [0.2, 0.25) is 0 Å². The molecule has 2 aromatic heterocycles. The number of aromatic nitrogens is 3. The summed E-state index contributed by atoms with van der Waals surface area (Å²) in [4.78, 5) is 21.7. The molecule has 1 aliphatic heterocycles. The lowest BCUT2D eigenvalue weighted by atomic mass is 10.1. The summed E-state index contributed by atoms with van der Waals surface area (Å²) in [5.74, 6) is 1.35. The maximum absolute atomic E-state index is 12.9. The standard InChI is InChI=1S/C26H27N5O2S/c1-19-7-9-20(10-8-19)21-17-23-26(27-11-12-31(23)28-21)34-18-25(32)30-15-13-29(14-16-30)22-5-3-4-6-24(22)33-2/h3-12,17H,13-16,18H2,1-2H3. The molecule has 0 atom stereocenters. The monoisotopic (exact) mass is 473 g/mol. The molecule has 1 amide bonds. The number of methoxy groups -OCH3 is 1. The summed E-state index contributed by atoms with van der Waals surface area (Å²) in [5, 5.41) is 5.51. The third-order valence-electron chi connectivity index (χ3n) is 6.09. The van der Waals surface area contributed by atoms with Crippen molar-refractivity contribution in [2.75, 3.05) is 43.9 Å². The molecule has 4 aromatic rings. The maximum atomic E-state index is 12.9. The van der Waals surface area contributed by atoms with Gasteiger partial charge in [-0.3, -0.25) is 4.79 Å². The zero-order valence-electron chi connectivity index (χ0n) is 19.3. The molecule has 7 nitrogen and oxygen atoms in total. The van der Waals surface area contributed by atoms with E-state index in [1.165, 1.54) is 17.3 Å². The smallest absolute Gasteiger partial charge is 0.233 e. The molecule has 0 spiro atoms. The number of thioether (sulfide) groups is 1. The van der Waals surface area contributed by atoms with Gasteiger partial charge in [-0.2, -0.15) is 5.10 Å². The summed E-state index contributed by atoms with van der Waals surface area (Å²) < 4.78 is 7.33. The summed E-state index contributed by atoms with van der Waals surface area (Å²) in [5.41, 5.74) is 5.17. The molecular formula is C26H27N5O2S. The van der Waals surface area contributed by atoms with Crippen LogP contribution in [-0.2, 0) is 4.79 Å². The Kier molecular flexibility index (Phi) is 6.40. The number of benzene rings is 2. The topological polar surface area (TPSA) is 63.0 Å². The van der Waals surface area contributed by atoms with E-state index < -0.39 is 0 Å². The number of aryl methyl sites for hydroxylation is 1. The van der Waals surface area contributed by atoms with Gasteiger partial charge < -0.3 is 14.5 Å². The first-order valence-electron chi connectivity index (χ1n) is 11.3. The number of hydrogen-bond acceptors (Lipinski definition) is 6. The number of hydrogen-bond donors (Lipinski definition) is 0. The molecular weight excluding hydrogens is 446 g/mol. The molecule has 34 heavy (non-hydrogen) atoms. The lowest BCUT2D eigenvalue weighted by Crippen LogP contribution is -2.49. The highest BCUT2D eigenvalue weighted by atomic mass is 32.2. The number of ether oxygens (including phenoxy) is 1. The Labute approximate surface area is 203 Å². The Morgan fingerprint density at radius 2 is 1.82 bits per heavy atom. The van der Waals surface area contributed by atoms with Gasteiger partial charge in [0, 0.05) is 44.1 Å². The van der Waals surface area contributed by atoms with Crippen molar-refractivity contribution in [3.8, 4) is 17.0 Å². The van der Waals surface area contributed by atoms with Crippen LogP contribution in [0, 0.1) is 6.92 Å². The number of rotatable bonds is 6. The van der Waals surface area contributed by atoms with Crippen LogP contribution in [0.1, 0.15) is 5.56 Å². The quantitative estimate of drug-likeness (QED) is 0.392. The Bertz CT molecular complexity index is 1300. The zero-order valence-corrected chi connectivity index (χ0v) is 20.2. The van der Waals surface area contributed by atoms with Crippen molar-refractivity contribution in [1.82, 2.24) is 19.5 Å². The summed E-state index contributed by atoms with van der Waals surface area (Å²) in [6.07, 6.45) is 3.58. The Hall–Kier alpha value is -3.52. The van der Waals surface area contributed by atoms with Gasteiger partial charge in [0.05, 0.1) is 29.8 Å². The number of piperazine rings is 1. The second kappa shape index (κ2) is 9.77. The molecule has 5 rings (SSSR count). The van der Waals surface area contributed by atoms with E-state index in [1.54, 1.807) is 13.3 Å². The van der Waals surface area contributed by atoms with Gasteiger partial charge in [-0.05, 0) is 25.1 Å². The first-order chi connectivity index (χ1) is 16.6. The van der Waals surface area contributed by atoms with Crippen molar-refractivity contribution in [3.63, 3.8) is 0 Å². The van der Waals surface area contributed by atoms with Crippen molar-refractivity contribution in [2.45, 2.75) is 11.9 Å². The van der Waals surface area contributed by atoms with Crippen LogP contribution in [0.4, 0.5) is 5.69 Å². The fourth-order valence-electron chi connectivity index (χ4n) is 4.18. The number of anilines is 1. The van der Waals surface area contributed by atoms with Crippen molar-refractivity contribution in [2.24, 2.45) is 0 Å². The largest absolute Gasteiger partial charge is 0.495 e. The van der Waals surface area contributed by atoms with Crippen molar-refractivity contribution >= 4 is 28.9 Å². The van der Waals surface area contributed by atoms with Crippen LogP contribution < -0.4 is 9.64 Å². The molecule has 3 heterocycles. The summed E-state index contributed by atoms with van der Waals surface area (Å²) in [6, 6.07) is 18.4. The third kappa shape index (κ3) is 4.59. The third-order valence-corrected chi connectivity index (χ3v) is 7.07. The number of fused-ring (bicyclic) bond motifs is 1. The van der Waals surface area contributed by atoms with Crippen LogP contribution in [0.25, 0.3) is 16.8 Å². The molecule has 0 unspecified atom stereocenters. The van der Waals surface area contributed by atoms with Crippen molar-refractivity contribution < 1.29 is 9.53 Å². The molecule has 174 valence electrons. The van der Waals surface area contributed by atoms with Gasteiger partial charge in [0.2, 0.25) is 5.91 Å². The van der Waals surface area contributed by atoms with Crippen LogP contribution in [0.3, 0.4) is 0 Å². The highest BCUT2D eigenvalue weighted by Crippen LogP contribution is 2.29. The Balaban J connectivity index is 1.23. The summed E-state index contributed by atoms with van der Waals surface area (Å²) >= 11 is 1.47. The molecule has 0 saturated carbocycles. The van der Waals surface area contributed by atoms with Crippen molar-refractivity contribution in [3.05, 3.63) is 72.6 Å². The fraction of sp³-hybridized carbons (Fsp3) is 0.269. The first kappa shape index (κ1) is 22.3. The first-order valence-corrected chi connectivity index (χ1v) is 12.3. The average Bonchev–Trinajstić information content (AvgIpc) is 3.33. The number of carbonyl (C=O) groups excluding carboxylic acids is 1. The minimum atomic E-state index is 0.131. The van der Waals surface area contributed by atoms with E-state index >= 15 is 0 Å². The second-order valence-electron chi connectivity index (χ2n) is 8.29. The van der Waals surface area contributed by atoms with Gasteiger partial charge in [0.15, 0.2) is 0 Å². The van der Waals surface area contributed by atoms with Crippen LogP contribution in [0.15, 0.2) is 72.0 Å². The van der Waals surface area contributed by atoms with Crippen LogP contribution in [-0.4, -0.2) is 64.4 Å². The molecule has 0 radical (unpaired) electrons. The maximum Gasteiger partial charge on any atom is 0.233 e. The summed E-state index contributed by atoms with van der Waals surface area (Å²) in [6.45, 7) is 5.03. The highest BCUT2D eigenvalue weighted by Gasteiger charge is 2.23. The second-order valence-corrected chi connectivity index (χ2v) is 9.25. The predicted octanol–water partition coefficient (Wildman–Crippen LogP) is 4.15. The van der Waals surface area contributed by atoms with E-state index in [0.717, 1.165) is 46.3 Å². The van der Waals surface area contributed by atoms with E-state index in [4.69, 9.17) is 9.84 Å². The van der Waals surface area contributed by atoms with E-state index in [0.29, 0.717) is 18.8 Å². The van der Waals surface area contributed by atoms with E-state index in [-0.39, 0.29) is 5.91 Å². The van der Waals surface area contributed by atoms with Gasteiger partial charge in [0.25, 0.3) is 0 Å². The van der Waals surface area contributed by atoms with Gasteiger partial charge in [0.1, 0.15) is 10.8 Å². The van der Waals surface area contributed by atoms with E-state index in [1.807, 2.05) is 39.9 Å². The predicted molar refractivity (Wildman–Crippen MR) is 136 cm³/mol. The SMILES string of the molecule is COc1ccccc1N1CCN(C(=O)CSc2nccn3nc(-c4ccc(C)cc4)cc23)CC1. The van der Waals surface area contributed by atoms with Gasteiger partial charge in [-0.1, -0.05) is 53.7 Å². The number of nitrogens with zero attached hydrogens (tertiary/aromatic N) is 5. The number of amides is 1. The average molecular weight is 474 g/mol.